The van der Waals surface area contributed by atoms with Crippen molar-refractivity contribution in [3.8, 4) is 0 Å². The van der Waals surface area contributed by atoms with Crippen LogP contribution in [0.25, 0.3) is 0 Å². The minimum absolute atomic E-state index is 0.0821. The molecule has 6 heteroatoms. The predicted molar refractivity (Wildman–Crippen MR) is 81.2 cm³/mol. The molecule has 1 fully saturated rings. The van der Waals surface area contributed by atoms with Gasteiger partial charge < -0.3 is 5.32 Å². The summed E-state index contributed by atoms with van der Waals surface area (Å²) in [6, 6.07) is 4.10. The summed E-state index contributed by atoms with van der Waals surface area (Å²) >= 11 is 0. The van der Waals surface area contributed by atoms with Gasteiger partial charge in [0, 0.05) is 19.1 Å². The fourth-order valence-corrected chi connectivity index (χ4v) is 4.43. The number of nitrogens with zero attached hydrogens (tertiary/aromatic N) is 1. The van der Waals surface area contributed by atoms with Crippen molar-refractivity contribution in [2.45, 2.75) is 44.0 Å². The molecule has 0 amide bonds. The number of nitrogens with one attached hydrogen (secondary N) is 1. The van der Waals surface area contributed by atoms with Crippen LogP contribution in [0.5, 0.6) is 0 Å². The van der Waals surface area contributed by atoms with E-state index in [1.165, 1.54) is 16.4 Å². The van der Waals surface area contributed by atoms with Gasteiger partial charge in [-0.05, 0) is 50.4 Å². The molecule has 118 valence electrons. The molecule has 1 N–H and O–H groups in total. The van der Waals surface area contributed by atoms with Crippen LogP contribution in [-0.2, 0) is 10.0 Å². The Kier molecular flexibility index (Phi) is 5.35. The molecule has 1 atom stereocenters. The average molecular weight is 314 g/mol. The van der Waals surface area contributed by atoms with Crippen LogP contribution in [0.1, 0.15) is 31.7 Å². The average Bonchev–Trinajstić information content (AvgIpc) is 2.48. The first-order valence-electron chi connectivity index (χ1n) is 7.45. The zero-order chi connectivity index (χ0) is 15.5. The fraction of sp³-hybridized carbons (Fsp3) is 0.600. The molecule has 0 bridgehead atoms. The Labute approximate surface area is 126 Å². The topological polar surface area (TPSA) is 49.4 Å². The van der Waals surface area contributed by atoms with E-state index in [1.54, 1.807) is 6.92 Å². The van der Waals surface area contributed by atoms with Crippen molar-refractivity contribution < 1.29 is 12.8 Å². The maximum atomic E-state index is 13.4. The first-order valence-corrected chi connectivity index (χ1v) is 8.89. The quantitative estimate of drug-likeness (QED) is 0.907. The van der Waals surface area contributed by atoms with E-state index in [4.69, 9.17) is 0 Å². The molecule has 0 saturated carbocycles. The highest BCUT2D eigenvalue weighted by Gasteiger charge is 2.31. The van der Waals surface area contributed by atoms with Crippen molar-refractivity contribution in [1.82, 2.24) is 9.62 Å². The molecule has 21 heavy (non-hydrogen) atoms. The van der Waals surface area contributed by atoms with E-state index >= 15 is 0 Å². The molecular weight excluding hydrogens is 291 g/mol. The van der Waals surface area contributed by atoms with E-state index in [-0.39, 0.29) is 10.9 Å². The number of benzene rings is 1. The number of rotatable bonds is 5. The van der Waals surface area contributed by atoms with E-state index in [1.807, 2.05) is 0 Å². The number of hydrogen-bond donors (Lipinski definition) is 1. The molecule has 0 radical (unpaired) electrons. The Morgan fingerprint density at radius 3 is 2.90 bits per heavy atom. The number of hydrogen-bond acceptors (Lipinski definition) is 3. The molecule has 0 spiro atoms. The van der Waals surface area contributed by atoms with Gasteiger partial charge in [0.05, 0.1) is 4.90 Å². The second kappa shape index (κ2) is 6.85. The number of halogens is 1. The normalized spacial score (nSPS) is 20.6. The summed E-state index contributed by atoms with van der Waals surface area (Å²) in [5, 5.41) is 3.37. The molecule has 1 heterocycles. The second-order valence-corrected chi connectivity index (χ2v) is 7.47. The van der Waals surface area contributed by atoms with Crippen LogP contribution in [0.15, 0.2) is 23.1 Å². The van der Waals surface area contributed by atoms with E-state index in [9.17, 15) is 12.8 Å². The third kappa shape index (κ3) is 3.81. The van der Waals surface area contributed by atoms with E-state index < -0.39 is 15.8 Å². The molecule has 1 saturated heterocycles. The predicted octanol–water partition coefficient (Wildman–Crippen LogP) is 2.29. The lowest BCUT2D eigenvalue weighted by Gasteiger charge is -2.32. The van der Waals surface area contributed by atoms with Crippen LogP contribution in [0.4, 0.5) is 4.39 Å². The molecule has 2 rings (SSSR count). The molecular formula is C15H23FN2O2S. The molecule has 1 aliphatic heterocycles. The van der Waals surface area contributed by atoms with Gasteiger partial charge in [-0.3, -0.25) is 0 Å². The van der Waals surface area contributed by atoms with Crippen LogP contribution in [0.2, 0.25) is 0 Å². The summed E-state index contributed by atoms with van der Waals surface area (Å²) in [5.41, 5.74) is 0.583. The molecule has 1 aliphatic rings. The van der Waals surface area contributed by atoms with Gasteiger partial charge in [-0.1, -0.05) is 13.0 Å². The highest BCUT2D eigenvalue weighted by Crippen LogP contribution is 2.24. The van der Waals surface area contributed by atoms with Gasteiger partial charge in [-0.25, -0.2) is 12.8 Å². The van der Waals surface area contributed by atoms with E-state index in [2.05, 4.69) is 12.2 Å². The Bertz CT molecular complexity index is 589. The van der Waals surface area contributed by atoms with Crippen molar-refractivity contribution in [1.29, 1.82) is 0 Å². The maximum Gasteiger partial charge on any atom is 0.243 e. The number of aryl methyl sites for hydroxylation is 1. The molecule has 1 aromatic rings. The smallest absolute Gasteiger partial charge is 0.243 e. The highest BCUT2D eigenvalue weighted by atomic mass is 32.2. The molecule has 4 nitrogen and oxygen atoms in total. The lowest BCUT2D eigenvalue weighted by Crippen LogP contribution is -2.48. The number of sulfonamides is 1. The first-order chi connectivity index (χ1) is 9.95. The van der Waals surface area contributed by atoms with Crippen LogP contribution in [0.3, 0.4) is 0 Å². The maximum absolute atomic E-state index is 13.4. The van der Waals surface area contributed by atoms with Gasteiger partial charge in [-0.15, -0.1) is 0 Å². The summed E-state index contributed by atoms with van der Waals surface area (Å²) in [6.45, 7) is 5.63. The second-order valence-electron chi connectivity index (χ2n) is 5.57. The van der Waals surface area contributed by atoms with Gasteiger partial charge in [0.1, 0.15) is 5.82 Å². The van der Waals surface area contributed by atoms with Gasteiger partial charge in [-0.2, -0.15) is 4.31 Å². The van der Waals surface area contributed by atoms with Crippen LogP contribution in [0, 0.1) is 12.7 Å². The van der Waals surface area contributed by atoms with Crippen LogP contribution < -0.4 is 5.32 Å². The Balaban J connectivity index is 2.20. The lowest BCUT2D eigenvalue weighted by atomic mass is 10.1. The summed E-state index contributed by atoms with van der Waals surface area (Å²) in [6.07, 6.45) is 2.83. The fourth-order valence-electron chi connectivity index (χ4n) is 2.67. The monoisotopic (exact) mass is 314 g/mol. The van der Waals surface area contributed by atoms with Gasteiger partial charge in [0.15, 0.2) is 0 Å². The van der Waals surface area contributed by atoms with Gasteiger partial charge in [0.2, 0.25) is 10.0 Å². The third-order valence-corrected chi connectivity index (χ3v) is 5.84. The standard InChI is InChI=1S/C15H23FN2O2S/c1-3-8-17-14-5-4-9-18(11-14)21(19,20)15-10-13(16)7-6-12(15)2/h6-7,10,14,17H,3-5,8-9,11H2,1-2H3. The number of piperidine rings is 1. The van der Waals surface area contributed by atoms with Gasteiger partial charge >= 0.3 is 0 Å². The summed E-state index contributed by atoms with van der Waals surface area (Å²) in [7, 11) is -3.62. The molecule has 0 aromatic heterocycles. The lowest BCUT2D eigenvalue weighted by molar-refractivity contribution is 0.284. The van der Waals surface area contributed by atoms with Crippen molar-refractivity contribution in [3.05, 3.63) is 29.6 Å². The summed E-state index contributed by atoms with van der Waals surface area (Å²) < 4.78 is 40.3. The minimum atomic E-state index is -3.62. The minimum Gasteiger partial charge on any atom is -0.313 e. The Morgan fingerprint density at radius 2 is 2.19 bits per heavy atom. The summed E-state index contributed by atoms with van der Waals surface area (Å²) in [4.78, 5) is 0.0821. The van der Waals surface area contributed by atoms with Crippen LogP contribution in [-0.4, -0.2) is 38.4 Å². The molecule has 1 unspecified atom stereocenters. The third-order valence-electron chi connectivity index (χ3n) is 3.84. The van der Waals surface area contributed by atoms with Crippen molar-refractivity contribution in [2.24, 2.45) is 0 Å². The van der Waals surface area contributed by atoms with Crippen molar-refractivity contribution in [3.63, 3.8) is 0 Å². The largest absolute Gasteiger partial charge is 0.313 e. The zero-order valence-electron chi connectivity index (χ0n) is 12.6. The highest BCUT2D eigenvalue weighted by molar-refractivity contribution is 7.89. The summed E-state index contributed by atoms with van der Waals surface area (Å²) in [5.74, 6) is -0.517. The SMILES string of the molecule is CCCNC1CCCN(S(=O)(=O)c2cc(F)ccc2C)C1. The van der Waals surface area contributed by atoms with Gasteiger partial charge in [0.25, 0.3) is 0 Å². The molecule has 1 aromatic carbocycles. The molecule has 0 aliphatic carbocycles. The van der Waals surface area contributed by atoms with Crippen molar-refractivity contribution in [2.75, 3.05) is 19.6 Å². The first kappa shape index (κ1) is 16.4. The van der Waals surface area contributed by atoms with Crippen LogP contribution >= 0.6 is 0 Å². The van der Waals surface area contributed by atoms with Crippen molar-refractivity contribution >= 4 is 10.0 Å². The zero-order valence-corrected chi connectivity index (χ0v) is 13.4. The van der Waals surface area contributed by atoms with E-state index in [0.717, 1.165) is 31.9 Å². The van der Waals surface area contributed by atoms with E-state index in [0.29, 0.717) is 18.7 Å². The Morgan fingerprint density at radius 1 is 1.43 bits per heavy atom. The Hall–Kier alpha value is -0.980.